The minimum absolute atomic E-state index is 0.208. The Morgan fingerprint density at radius 3 is 2.96 bits per heavy atom. The summed E-state index contributed by atoms with van der Waals surface area (Å²) >= 11 is 0. The summed E-state index contributed by atoms with van der Waals surface area (Å²) < 4.78 is 13.1. The molecule has 0 radical (unpaired) electrons. The van der Waals surface area contributed by atoms with E-state index in [4.69, 9.17) is 9.15 Å². The zero-order valence-corrected chi connectivity index (χ0v) is 12.8. The molecule has 1 aliphatic rings. The molecule has 1 atom stereocenters. The molecule has 0 aliphatic carbocycles. The number of rotatable bonds is 3. The quantitative estimate of drug-likeness (QED) is 0.739. The topological polar surface area (TPSA) is 78.9 Å². The van der Waals surface area contributed by atoms with E-state index in [1.54, 1.807) is 11.0 Å². The Morgan fingerprint density at radius 2 is 2.22 bits per heavy atom. The van der Waals surface area contributed by atoms with E-state index in [0.717, 1.165) is 36.3 Å². The number of aryl methyl sites for hydroxylation is 1. The lowest BCUT2D eigenvalue weighted by Crippen LogP contribution is -2.15. The van der Waals surface area contributed by atoms with Crippen molar-refractivity contribution in [1.82, 2.24) is 25.0 Å². The lowest BCUT2D eigenvalue weighted by molar-refractivity contribution is 0.0727. The van der Waals surface area contributed by atoms with Crippen LogP contribution in [-0.4, -0.2) is 38.2 Å². The Hall–Kier alpha value is -2.54. The maximum absolute atomic E-state index is 5.88. The van der Waals surface area contributed by atoms with E-state index in [0.29, 0.717) is 18.4 Å². The van der Waals surface area contributed by atoms with Gasteiger partial charge in [0, 0.05) is 12.2 Å². The predicted molar refractivity (Wildman–Crippen MR) is 82.2 cm³/mol. The Morgan fingerprint density at radius 1 is 1.26 bits per heavy atom. The van der Waals surface area contributed by atoms with Crippen molar-refractivity contribution in [2.75, 3.05) is 13.2 Å². The highest BCUT2D eigenvalue weighted by Gasteiger charge is 2.22. The summed E-state index contributed by atoms with van der Waals surface area (Å²) in [5.74, 6) is 1.42. The van der Waals surface area contributed by atoms with Crippen LogP contribution in [0, 0.1) is 6.92 Å². The molecule has 118 valence electrons. The van der Waals surface area contributed by atoms with Crippen LogP contribution in [0.25, 0.3) is 17.1 Å². The van der Waals surface area contributed by atoms with Crippen LogP contribution in [0.15, 0.2) is 35.3 Å². The van der Waals surface area contributed by atoms with Gasteiger partial charge >= 0.3 is 0 Å². The summed E-state index contributed by atoms with van der Waals surface area (Å²) in [5, 5.41) is 12.5. The van der Waals surface area contributed by atoms with Crippen LogP contribution < -0.4 is 0 Å². The average molecular weight is 311 g/mol. The molecule has 0 spiro atoms. The van der Waals surface area contributed by atoms with Crippen LogP contribution in [0.4, 0.5) is 0 Å². The Bertz CT molecular complexity index is 791. The standard InChI is InChI=1S/C16H17N5O2/c1-11-7-13(21-10-17-9-18-21)4-5-14(11)16-20-19-15(23-16)12-3-2-6-22-8-12/h4-5,7,9-10,12H,2-3,6,8H2,1H3. The fourth-order valence-corrected chi connectivity index (χ4v) is 2.82. The van der Waals surface area contributed by atoms with Gasteiger partial charge in [0.05, 0.1) is 18.2 Å². The third-order valence-corrected chi connectivity index (χ3v) is 4.07. The number of hydrogen-bond acceptors (Lipinski definition) is 6. The minimum Gasteiger partial charge on any atom is -0.420 e. The lowest BCUT2D eigenvalue weighted by Gasteiger charge is -2.18. The van der Waals surface area contributed by atoms with Gasteiger partial charge in [-0.2, -0.15) is 5.10 Å². The van der Waals surface area contributed by atoms with E-state index in [9.17, 15) is 0 Å². The van der Waals surface area contributed by atoms with Crippen molar-refractivity contribution in [3.63, 3.8) is 0 Å². The van der Waals surface area contributed by atoms with Crippen LogP contribution in [0.1, 0.15) is 30.2 Å². The highest BCUT2D eigenvalue weighted by Crippen LogP contribution is 2.29. The third-order valence-electron chi connectivity index (χ3n) is 4.07. The fourth-order valence-electron chi connectivity index (χ4n) is 2.82. The van der Waals surface area contributed by atoms with Gasteiger partial charge in [-0.1, -0.05) is 0 Å². The van der Waals surface area contributed by atoms with Crippen molar-refractivity contribution in [3.8, 4) is 17.1 Å². The zero-order valence-electron chi connectivity index (χ0n) is 12.8. The molecular weight excluding hydrogens is 294 g/mol. The van der Waals surface area contributed by atoms with Crippen LogP contribution in [0.3, 0.4) is 0 Å². The Balaban J connectivity index is 1.62. The van der Waals surface area contributed by atoms with Crippen molar-refractivity contribution in [2.24, 2.45) is 0 Å². The normalized spacial score (nSPS) is 18.2. The van der Waals surface area contributed by atoms with Gasteiger partial charge in [-0.15, -0.1) is 10.2 Å². The van der Waals surface area contributed by atoms with Gasteiger partial charge in [-0.25, -0.2) is 9.67 Å². The van der Waals surface area contributed by atoms with E-state index in [1.165, 1.54) is 6.33 Å². The second-order valence-electron chi connectivity index (χ2n) is 5.70. The molecule has 3 heterocycles. The van der Waals surface area contributed by atoms with E-state index in [1.807, 2.05) is 25.1 Å². The van der Waals surface area contributed by atoms with Gasteiger partial charge in [-0.05, 0) is 43.5 Å². The summed E-state index contributed by atoms with van der Waals surface area (Å²) in [4.78, 5) is 3.96. The first-order valence-electron chi connectivity index (χ1n) is 7.68. The molecule has 0 N–H and O–H groups in total. The van der Waals surface area contributed by atoms with E-state index >= 15 is 0 Å². The molecule has 23 heavy (non-hydrogen) atoms. The minimum atomic E-state index is 0.208. The van der Waals surface area contributed by atoms with Crippen molar-refractivity contribution in [1.29, 1.82) is 0 Å². The predicted octanol–water partition coefficient (Wildman–Crippen LogP) is 2.52. The second kappa shape index (κ2) is 5.92. The summed E-state index contributed by atoms with van der Waals surface area (Å²) in [7, 11) is 0. The molecular formula is C16H17N5O2. The maximum Gasteiger partial charge on any atom is 0.248 e. The van der Waals surface area contributed by atoms with Gasteiger partial charge < -0.3 is 9.15 Å². The molecule has 1 aliphatic heterocycles. The molecule has 1 aromatic carbocycles. The molecule has 1 saturated heterocycles. The van der Waals surface area contributed by atoms with Crippen molar-refractivity contribution in [2.45, 2.75) is 25.7 Å². The van der Waals surface area contributed by atoms with Gasteiger partial charge in [0.1, 0.15) is 12.7 Å². The van der Waals surface area contributed by atoms with Gasteiger partial charge in [0.15, 0.2) is 0 Å². The van der Waals surface area contributed by atoms with Crippen LogP contribution in [0.5, 0.6) is 0 Å². The Kier molecular flexibility index (Phi) is 3.63. The molecule has 1 unspecified atom stereocenters. The first-order chi connectivity index (χ1) is 11.3. The summed E-state index contributed by atoms with van der Waals surface area (Å²) in [6.45, 7) is 3.50. The van der Waals surface area contributed by atoms with Crippen LogP contribution in [-0.2, 0) is 4.74 Å². The van der Waals surface area contributed by atoms with Crippen LogP contribution in [0.2, 0.25) is 0 Å². The van der Waals surface area contributed by atoms with Gasteiger partial charge in [0.2, 0.25) is 11.8 Å². The van der Waals surface area contributed by atoms with Gasteiger partial charge in [0.25, 0.3) is 0 Å². The molecule has 0 bridgehead atoms. The SMILES string of the molecule is Cc1cc(-n2cncn2)ccc1-c1nnc(C2CCCOC2)o1. The molecule has 1 fully saturated rings. The molecule has 2 aromatic heterocycles. The molecule has 4 rings (SSSR count). The summed E-state index contributed by atoms with van der Waals surface area (Å²) in [5.41, 5.74) is 2.93. The van der Waals surface area contributed by atoms with Crippen molar-refractivity contribution in [3.05, 3.63) is 42.3 Å². The molecule has 0 saturated carbocycles. The number of ether oxygens (including phenoxy) is 1. The third kappa shape index (κ3) is 2.75. The number of nitrogens with zero attached hydrogens (tertiary/aromatic N) is 5. The molecule has 3 aromatic rings. The lowest BCUT2D eigenvalue weighted by atomic mass is 10.0. The van der Waals surface area contributed by atoms with Crippen LogP contribution >= 0.6 is 0 Å². The summed E-state index contributed by atoms with van der Waals surface area (Å²) in [6.07, 6.45) is 5.25. The monoisotopic (exact) mass is 311 g/mol. The number of aromatic nitrogens is 5. The van der Waals surface area contributed by atoms with E-state index in [-0.39, 0.29) is 5.92 Å². The molecule has 7 nitrogen and oxygen atoms in total. The van der Waals surface area contributed by atoms with Crippen molar-refractivity contribution >= 4 is 0 Å². The zero-order chi connectivity index (χ0) is 15.6. The fraction of sp³-hybridized carbons (Fsp3) is 0.375. The Labute approximate surface area is 133 Å². The number of hydrogen-bond donors (Lipinski definition) is 0. The van der Waals surface area contributed by atoms with E-state index in [2.05, 4.69) is 20.3 Å². The molecule has 7 heteroatoms. The number of benzene rings is 1. The first-order valence-corrected chi connectivity index (χ1v) is 7.68. The summed E-state index contributed by atoms with van der Waals surface area (Å²) in [6, 6.07) is 5.96. The smallest absolute Gasteiger partial charge is 0.248 e. The average Bonchev–Trinajstić information content (AvgIpc) is 3.27. The first kappa shape index (κ1) is 14.1. The second-order valence-corrected chi connectivity index (χ2v) is 5.70. The van der Waals surface area contributed by atoms with Crippen molar-refractivity contribution < 1.29 is 9.15 Å². The van der Waals surface area contributed by atoms with E-state index < -0.39 is 0 Å². The highest BCUT2D eigenvalue weighted by atomic mass is 16.5. The molecule has 0 amide bonds. The maximum atomic E-state index is 5.88. The largest absolute Gasteiger partial charge is 0.420 e. The van der Waals surface area contributed by atoms with Gasteiger partial charge in [-0.3, -0.25) is 0 Å². The highest BCUT2D eigenvalue weighted by molar-refractivity contribution is 5.60.